The number of rotatable bonds is 4. The second kappa shape index (κ2) is 4.75. The summed E-state index contributed by atoms with van der Waals surface area (Å²) >= 11 is 1.12. The lowest BCUT2D eigenvalue weighted by Crippen LogP contribution is -2.14. The van der Waals surface area contributed by atoms with Crippen LogP contribution in [0.1, 0.15) is 24.3 Å². The van der Waals surface area contributed by atoms with E-state index in [1.165, 1.54) is 12.1 Å². The van der Waals surface area contributed by atoms with Crippen molar-refractivity contribution in [1.29, 1.82) is 0 Å². The summed E-state index contributed by atoms with van der Waals surface area (Å²) in [7, 11) is -3.83. The quantitative estimate of drug-likeness (QED) is 0.910. The molecule has 0 saturated heterocycles. The largest absolute Gasteiger partial charge is 0.505 e. The molecule has 0 bridgehead atoms. The van der Waals surface area contributed by atoms with E-state index in [1.807, 2.05) is 0 Å². The third-order valence-corrected chi connectivity index (χ3v) is 6.02. The summed E-state index contributed by atoms with van der Waals surface area (Å²) in [5.41, 5.74) is 0.545. The van der Waals surface area contributed by atoms with Gasteiger partial charge >= 0.3 is 0 Å². The van der Waals surface area contributed by atoms with Gasteiger partial charge in [0.2, 0.25) is 0 Å². The number of thiophene rings is 1. The maximum atomic E-state index is 13.7. The molecule has 0 spiro atoms. The van der Waals surface area contributed by atoms with E-state index in [4.69, 9.17) is 0 Å². The van der Waals surface area contributed by atoms with Gasteiger partial charge in [-0.1, -0.05) is 6.07 Å². The molecule has 1 aromatic heterocycles. The molecule has 0 atom stereocenters. The lowest BCUT2D eigenvalue weighted by molar-refractivity contribution is 0.434. The number of aromatic hydroxyl groups is 1. The van der Waals surface area contributed by atoms with Gasteiger partial charge in [0, 0.05) is 0 Å². The van der Waals surface area contributed by atoms with Crippen LogP contribution in [0.25, 0.3) is 0 Å². The molecule has 0 radical (unpaired) electrons. The first-order valence-corrected chi connectivity index (χ1v) is 8.43. The molecule has 1 heterocycles. The number of sulfonamides is 1. The maximum absolute atomic E-state index is 13.7. The van der Waals surface area contributed by atoms with Gasteiger partial charge in [0.15, 0.2) is 11.6 Å². The second-order valence-electron chi connectivity index (χ2n) is 4.68. The zero-order chi connectivity index (χ0) is 14.3. The van der Waals surface area contributed by atoms with E-state index in [-0.39, 0.29) is 9.90 Å². The summed E-state index contributed by atoms with van der Waals surface area (Å²) in [5, 5.41) is 11.0. The highest BCUT2D eigenvalue weighted by atomic mass is 32.2. The molecule has 4 nitrogen and oxygen atoms in total. The van der Waals surface area contributed by atoms with E-state index in [0.717, 1.165) is 35.8 Å². The molecule has 2 N–H and O–H groups in total. The van der Waals surface area contributed by atoms with Crippen LogP contribution < -0.4 is 4.72 Å². The van der Waals surface area contributed by atoms with E-state index in [9.17, 15) is 17.9 Å². The molecule has 1 aliphatic carbocycles. The number of halogens is 1. The molecule has 2 aromatic rings. The van der Waals surface area contributed by atoms with Gasteiger partial charge in [-0.05, 0) is 47.9 Å². The van der Waals surface area contributed by atoms with Crippen molar-refractivity contribution < 1.29 is 17.9 Å². The second-order valence-corrected chi connectivity index (χ2v) is 7.48. The minimum Gasteiger partial charge on any atom is -0.505 e. The summed E-state index contributed by atoms with van der Waals surface area (Å²) < 4.78 is 40.8. The Hall–Kier alpha value is -1.60. The van der Waals surface area contributed by atoms with Crippen molar-refractivity contribution in [3.8, 4) is 5.75 Å². The fraction of sp³-hybridized carbons (Fsp3) is 0.231. The fourth-order valence-corrected chi connectivity index (χ4v) is 4.60. The average molecular weight is 313 g/mol. The Morgan fingerprint density at radius 3 is 2.75 bits per heavy atom. The Bertz CT molecular complexity index is 751. The summed E-state index contributed by atoms with van der Waals surface area (Å²) in [6.07, 6.45) is 1.97. The summed E-state index contributed by atoms with van der Waals surface area (Å²) in [6.45, 7) is 0. The standard InChI is InChI=1S/C13H12FNO3S2/c14-12-10(2-1-3-11(12)16)15-20(17,18)13-9(6-7-19-13)8-4-5-8/h1-3,6-8,15-16H,4-5H2. The van der Waals surface area contributed by atoms with E-state index in [2.05, 4.69) is 4.72 Å². The average Bonchev–Trinajstić information content (AvgIpc) is 3.11. The number of hydrogen-bond donors (Lipinski definition) is 2. The molecule has 1 fully saturated rings. The van der Waals surface area contributed by atoms with Crippen LogP contribution in [0.15, 0.2) is 33.9 Å². The number of phenolic OH excluding ortho intramolecular Hbond substituents is 1. The van der Waals surface area contributed by atoms with Gasteiger partial charge in [0.1, 0.15) is 4.21 Å². The molecule has 0 amide bonds. The van der Waals surface area contributed by atoms with Crippen molar-refractivity contribution in [2.24, 2.45) is 0 Å². The minimum atomic E-state index is -3.83. The smallest absolute Gasteiger partial charge is 0.271 e. The van der Waals surface area contributed by atoms with E-state index in [1.54, 1.807) is 11.4 Å². The van der Waals surface area contributed by atoms with E-state index >= 15 is 0 Å². The number of hydrogen-bond acceptors (Lipinski definition) is 4. The van der Waals surface area contributed by atoms with Gasteiger partial charge in [0.25, 0.3) is 10.0 Å². The third-order valence-electron chi connectivity index (χ3n) is 3.14. The molecule has 7 heteroatoms. The molecular formula is C13H12FNO3S2. The molecule has 0 unspecified atom stereocenters. The van der Waals surface area contributed by atoms with E-state index in [0.29, 0.717) is 5.92 Å². The van der Waals surface area contributed by atoms with Crippen LogP contribution in [0.4, 0.5) is 10.1 Å². The summed E-state index contributed by atoms with van der Waals surface area (Å²) in [4.78, 5) is 0. The molecule has 3 rings (SSSR count). The van der Waals surface area contributed by atoms with Gasteiger partial charge in [-0.15, -0.1) is 11.3 Å². The normalized spacial score (nSPS) is 15.2. The van der Waals surface area contributed by atoms with Gasteiger partial charge in [0.05, 0.1) is 5.69 Å². The molecule has 1 aliphatic rings. The molecule has 1 saturated carbocycles. The van der Waals surface area contributed by atoms with Crippen molar-refractivity contribution in [3.63, 3.8) is 0 Å². The predicted octanol–water partition coefficient (Wildman–Crippen LogP) is 3.27. The Labute approximate surface area is 119 Å². The van der Waals surface area contributed by atoms with Crippen molar-refractivity contribution in [1.82, 2.24) is 0 Å². The summed E-state index contributed by atoms with van der Waals surface area (Å²) in [5.74, 6) is -1.26. The van der Waals surface area contributed by atoms with Crippen LogP contribution >= 0.6 is 11.3 Å². The van der Waals surface area contributed by atoms with Crippen molar-refractivity contribution in [2.45, 2.75) is 23.0 Å². The van der Waals surface area contributed by atoms with Gasteiger partial charge in [-0.25, -0.2) is 12.8 Å². The maximum Gasteiger partial charge on any atom is 0.271 e. The summed E-state index contributed by atoms with van der Waals surface area (Å²) in [6, 6.07) is 5.62. The molecule has 0 aliphatic heterocycles. The Balaban J connectivity index is 1.96. The van der Waals surface area contributed by atoms with Crippen LogP contribution in [0, 0.1) is 5.82 Å². The first-order chi connectivity index (χ1) is 9.49. The Morgan fingerprint density at radius 1 is 1.30 bits per heavy atom. The van der Waals surface area contributed by atoms with Crippen molar-refractivity contribution in [3.05, 3.63) is 41.0 Å². The zero-order valence-electron chi connectivity index (χ0n) is 10.3. The Kier molecular flexibility index (Phi) is 3.18. The molecule has 1 aromatic carbocycles. The number of anilines is 1. The van der Waals surface area contributed by atoms with Crippen LogP contribution in [0.2, 0.25) is 0 Å². The molecule has 20 heavy (non-hydrogen) atoms. The topological polar surface area (TPSA) is 66.4 Å². The van der Waals surface area contributed by atoms with Gasteiger partial charge in [-0.3, -0.25) is 4.72 Å². The highest BCUT2D eigenvalue weighted by Gasteiger charge is 2.31. The van der Waals surface area contributed by atoms with E-state index < -0.39 is 21.6 Å². The lowest BCUT2D eigenvalue weighted by atomic mass is 10.2. The van der Waals surface area contributed by atoms with Crippen LogP contribution in [-0.2, 0) is 10.0 Å². The first kappa shape index (κ1) is 13.4. The van der Waals surface area contributed by atoms with Crippen molar-refractivity contribution >= 4 is 27.0 Å². The van der Waals surface area contributed by atoms with Crippen molar-refractivity contribution in [2.75, 3.05) is 4.72 Å². The van der Waals surface area contributed by atoms with Gasteiger partial charge in [-0.2, -0.15) is 0 Å². The monoisotopic (exact) mass is 313 g/mol. The molecular weight excluding hydrogens is 301 g/mol. The third kappa shape index (κ3) is 2.38. The highest BCUT2D eigenvalue weighted by molar-refractivity contribution is 7.94. The van der Waals surface area contributed by atoms with Gasteiger partial charge < -0.3 is 5.11 Å². The SMILES string of the molecule is O=S(=O)(Nc1cccc(O)c1F)c1sccc1C1CC1. The minimum absolute atomic E-state index is 0.225. The predicted molar refractivity (Wildman–Crippen MR) is 75.2 cm³/mol. The first-order valence-electron chi connectivity index (χ1n) is 6.07. The zero-order valence-corrected chi connectivity index (χ0v) is 12.0. The fourth-order valence-electron chi connectivity index (χ4n) is 2.01. The number of nitrogens with one attached hydrogen (secondary N) is 1. The lowest BCUT2D eigenvalue weighted by Gasteiger charge is -2.09. The van der Waals surface area contributed by atoms with Crippen LogP contribution in [0.3, 0.4) is 0 Å². The Morgan fingerprint density at radius 2 is 2.05 bits per heavy atom. The number of benzene rings is 1. The number of phenols is 1. The van der Waals surface area contributed by atoms with Crippen LogP contribution in [-0.4, -0.2) is 13.5 Å². The van der Waals surface area contributed by atoms with Crippen LogP contribution in [0.5, 0.6) is 5.75 Å². The highest BCUT2D eigenvalue weighted by Crippen LogP contribution is 2.45. The molecule has 106 valence electrons.